The van der Waals surface area contributed by atoms with Crippen LogP contribution in [0.25, 0.3) is 126 Å². The van der Waals surface area contributed by atoms with Gasteiger partial charge in [-0.05, 0) is 104 Å². The second-order valence-corrected chi connectivity index (χ2v) is 28.9. The summed E-state index contributed by atoms with van der Waals surface area (Å²) in [6.45, 7) is 27.5. The Bertz CT molecular complexity index is 3820. The summed E-state index contributed by atoms with van der Waals surface area (Å²) in [5.74, 6) is 1.86. The van der Waals surface area contributed by atoms with E-state index in [-0.39, 0.29) is 17.8 Å². The Hall–Kier alpha value is -6.12. The van der Waals surface area contributed by atoms with Crippen LogP contribution >= 0.6 is 68.0 Å². The van der Waals surface area contributed by atoms with Gasteiger partial charge in [-0.3, -0.25) is 0 Å². The quantitative estimate of drug-likeness (QED) is 0.121. The third kappa shape index (κ3) is 9.00. The van der Waals surface area contributed by atoms with E-state index in [1.165, 1.54) is 93.3 Å². The van der Waals surface area contributed by atoms with E-state index in [1.54, 1.807) is 68.0 Å². The standard InChI is InChI=1S/C66H60N6S6/c1-31(2)55-58(37-13-19-40(20-14-37)64-70-46-28-49-43(25-52(46)76-64)67-61(73-49)34(7)8)56(32(3)4)60(39-17-23-42(24-18-39)66-72-48-30-51-45(27-54(48)78-66)69-63(75-51)36(11)12)57(33(5)6)59(55)38-15-21-41(22-16-38)65-71-47-29-50-44(26-53(47)77-65)68-62(74-50)35(9)10/h13-36H,1-12H3. The molecule has 0 bridgehead atoms. The van der Waals surface area contributed by atoms with Gasteiger partial charge in [0.2, 0.25) is 0 Å². The largest absolute Gasteiger partial charge is 0.241 e. The van der Waals surface area contributed by atoms with Crippen molar-refractivity contribution in [3.05, 3.63) is 141 Å². The van der Waals surface area contributed by atoms with Gasteiger partial charge in [0.05, 0.1) is 76.3 Å². The molecule has 0 saturated carbocycles. The normalized spacial score (nSPS) is 12.5. The van der Waals surface area contributed by atoms with Crippen LogP contribution < -0.4 is 0 Å². The van der Waals surface area contributed by atoms with Crippen LogP contribution in [0, 0.1) is 0 Å². The fourth-order valence-electron chi connectivity index (χ4n) is 11.0. The van der Waals surface area contributed by atoms with Crippen LogP contribution in [0.2, 0.25) is 0 Å². The third-order valence-corrected chi connectivity index (χ3v) is 22.0. The zero-order valence-corrected chi connectivity index (χ0v) is 50.9. The predicted molar refractivity (Wildman–Crippen MR) is 343 cm³/mol. The first-order chi connectivity index (χ1) is 37.5. The number of nitrogens with zero attached hydrogens (tertiary/aromatic N) is 6. The molecule has 7 aromatic carbocycles. The molecule has 0 N–H and O–H groups in total. The first-order valence-corrected chi connectivity index (χ1v) is 32.1. The van der Waals surface area contributed by atoms with Crippen molar-refractivity contribution in [1.29, 1.82) is 0 Å². The maximum atomic E-state index is 5.23. The maximum absolute atomic E-state index is 5.23. The molecule has 0 spiro atoms. The van der Waals surface area contributed by atoms with Gasteiger partial charge in [0.1, 0.15) is 15.0 Å². The van der Waals surface area contributed by atoms with Crippen molar-refractivity contribution in [2.75, 3.05) is 0 Å². The Balaban J connectivity index is 0.955. The number of benzene rings is 7. The van der Waals surface area contributed by atoms with Gasteiger partial charge < -0.3 is 0 Å². The minimum Gasteiger partial charge on any atom is -0.241 e. The maximum Gasteiger partial charge on any atom is 0.124 e. The molecular weight excluding hydrogens is 1070 g/mol. The Morgan fingerprint density at radius 2 is 0.449 bits per heavy atom. The van der Waals surface area contributed by atoms with E-state index in [0.29, 0.717) is 17.8 Å². The van der Waals surface area contributed by atoms with Crippen molar-refractivity contribution in [2.24, 2.45) is 0 Å². The van der Waals surface area contributed by atoms with Gasteiger partial charge in [0.15, 0.2) is 0 Å². The highest BCUT2D eigenvalue weighted by molar-refractivity contribution is 7.23. The molecule has 0 atom stereocenters. The molecule has 0 aliphatic heterocycles. The summed E-state index contributed by atoms with van der Waals surface area (Å²) in [5, 5.41) is 6.60. The average Bonchev–Trinajstić information content (AvgIpc) is 4.40. The van der Waals surface area contributed by atoms with Gasteiger partial charge in [-0.15, -0.1) is 68.0 Å². The minimum absolute atomic E-state index is 0.216. The number of aromatic nitrogens is 6. The highest BCUT2D eigenvalue weighted by Crippen LogP contribution is 2.53. The second-order valence-electron chi connectivity index (χ2n) is 22.6. The van der Waals surface area contributed by atoms with Crippen LogP contribution in [-0.4, -0.2) is 29.9 Å². The second kappa shape index (κ2) is 19.9. The number of fused-ring (bicyclic) bond motifs is 6. The zero-order chi connectivity index (χ0) is 54.0. The number of hydrogen-bond donors (Lipinski definition) is 0. The van der Waals surface area contributed by atoms with E-state index in [0.717, 1.165) is 64.8 Å². The lowest BCUT2D eigenvalue weighted by atomic mass is 9.71. The average molecular weight is 1130 g/mol. The van der Waals surface area contributed by atoms with E-state index in [1.807, 2.05) is 0 Å². The van der Waals surface area contributed by atoms with Gasteiger partial charge in [-0.2, -0.15) is 0 Å². The molecule has 13 rings (SSSR count). The molecule has 78 heavy (non-hydrogen) atoms. The van der Waals surface area contributed by atoms with E-state index < -0.39 is 0 Å². The fraction of sp³-hybridized carbons (Fsp3) is 0.273. The molecule has 0 radical (unpaired) electrons. The molecule has 0 aliphatic carbocycles. The molecule has 0 unspecified atom stereocenters. The van der Waals surface area contributed by atoms with Crippen molar-refractivity contribution < 1.29 is 0 Å². The van der Waals surface area contributed by atoms with Crippen LogP contribution in [0.15, 0.2) is 109 Å². The molecule has 0 saturated heterocycles. The van der Waals surface area contributed by atoms with Crippen molar-refractivity contribution in [3.63, 3.8) is 0 Å². The van der Waals surface area contributed by atoms with Crippen LogP contribution in [-0.2, 0) is 0 Å². The van der Waals surface area contributed by atoms with Gasteiger partial charge in [0, 0.05) is 34.4 Å². The summed E-state index contributed by atoms with van der Waals surface area (Å²) in [4.78, 5) is 30.6. The number of rotatable bonds is 12. The summed E-state index contributed by atoms with van der Waals surface area (Å²) in [6, 6.07) is 41.2. The van der Waals surface area contributed by atoms with Crippen LogP contribution in [0.4, 0.5) is 0 Å². The first-order valence-electron chi connectivity index (χ1n) is 27.2. The highest BCUT2D eigenvalue weighted by atomic mass is 32.1. The number of thiazole rings is 6. The minimum atomic E-state index is 0.216. The molecule has 6 heterocycles. The summed E-state index contributed by atoms with van der Waals surface area (Å²) in [7, 11) is 0. The third-order valence-electron chi connectivity index (χ3n) is 14.8. The summed E-state index contributed by atoms with van der Waals surface area (Å²) < 4.78 is 7.11. The van der Waals surface area contributed by atoms with Crippen LogP contribution in [0.3, 0.4) is 0 Å². The SMILES string of the molecule is CC(C)c1nc2cc3sc(-c4ccc(-c5c(C(C)C)c(-c6ccc(-c7nc8cc9sc(C(C)C)nc9cc8s7)cc6)c(C(C)C)c(-c6ccc(-c7nc8cc9sc(C(C)C)nc9cc8s7)cc6)c5C(C)C)cc4)nc3cc2s1. The fourth-order valence-corrected chi connectivity index (χ4v) is 16.9. The molecule has 0 fully saturated rings. The molecule has 6 nitrogen and oxygen atoms in total. The van der Waals surface area contributed by atoms with Crippen LogP contribution in [0.5, 0.6) is 0 Å². The molecule has 0 aliphatic rings. The van der Waals surface area contributed by atoms with E-state index >= 15 is 0 Å². The van der Waals surface area contributed by atoms with Gasteiger partial charge in [-0.25, -0.2) is 29.9 Å². The lowest BCUT2D eigenvalue weighted by Crippen LogP contribution is -2.11. The van der Waals surface area contributed by atoms with Gasteiger partial charge in [-0.1, -0.05) is 156 Å². The molecule has 13 aromatic rings. The predicted octanol–water partition coefficient (Wildman–Crippen LogP) is 22.1. The molecular formula is C66H60N6S6. The zero-order valence-electron chi connectivity index (χ0n) is 46.0. The smallest absolute Gasteiger partial charge is 0.124 e. The molecule has 390 valence electrons. The Morgan fingerprint density at radius 1 is 0.244 bits per heavy atom. The van der Waals surface area contributed by atoms with Crippen molar-refractivity contribution in [3.8, 4) is 65.1 Å². The summed E-state index contributed by atoms with van der Waals surface area (Å²) in [5.41, 5.74) is 21.5. The molecule has 0 amide bonds. The lowest BCUT2D eigenvalue weighted by molar-refractivity contribution is 0.814. The Labute approximate surface area is 480 Å². The Kier molecular flexibility index (Phi) is 13.1. The van der Waals surface area contributed by atoms with Crippen molar-refractivity contribution >= 4 is 129 Å². The lowest BCUT2D eigenvalue weighted by Gasteiger charge is -2.32. The topological polar surface area (TPSA) is 77.3 Å². The Morgan fingerprint density at radius 3 is 0.667 bits per heavy atom. The molecule has 12 heteroatoms. The highest BCUT2D eigenvalue weighted by Gasteiger charge is 2.31. The van der Waals surface area contributed by atoms with Gasteiger partial charge in [0.25, 0.3) is 0 Å². The van der Waals surface area contributed by atoms with Crippen molar-refractivity contribution in [2.45, 2.75) is 119 Å². The number of hydrogen-bond acceptors (Lipinski definition) is 12. The summed E-state index contributed by atoms with van der Waals surface area (Å²) in [6.07, 6.45) is 0. The summed E-state index contributed by atoms with van der Waals surface area (Å²) >= 11 is 10.6. The molecule has 6 aromatic heterocycles. The van der Waals surface area contributed by atoms with Crippen LogP contribution in [0.1, 0.15) is 150 Å². The van der Waals surface area contributed by atoms with E-state index in [9.17, 15) is 0 Å². The van der Waals surface area contributed by atoms with E-state index in [4.69, 9.17) is 29.9 Å². The monoisotopic (exact) mass is 1130 g/mol. The van der Waals surface area contributed by atoms with Crippen molar-refractivity contribution in [1.82, 2.24) is 29.9 Å². The first kappa shape index (κ1) is 51.3. The van der Waals surface area contributed by atoms with E-state index in [2.05, 4.69) is 192 Å². The van der Waals surface area contributed by atoms with Gasteiger partial charge >= 0.3 is 0 Å².